The topological polar surface area (TPSA) is 64.6 Å². The first kappa shape index (κ1) is 14.9. The first-order chi connectivity index (χ1) is 10.8. The molecule has 1 aromatic carbocycles. The van der Waals surface area contributed by atoms with Crippen molar-refractivity contribution >= 4 is 28.7 Å². The van der Waals surface area contributed by atoms with Crippen LogP contribution >= 0.6 is 11.3 Å². The fourth-order valence-corrected chi connectivity index (χ4v) is 3.46. The van der Waals surface area contributed by atoms with Crippen molar-refractivity contribution in [2.45, 2.75) is 13.0 Å². The molecule has 0 aliphatic carbocycles. The maximum atomic E-state index is 11.5. The average Bonchev–Trinajstić information content (AvgIpc) is 3.01. The summed E-state index contributed by atoms with van der Waals surface area (Å²) in [5.74, 6) is 0. The summed E-state index contributed by atoms with van der Waals surface area (Å²) in [5.41, 5.74) is 3.33. The molecule has 22 heavy (non-hydrogen) atoms. The lowest BCUT2D eigenvalue weighted by Gasteiger charge is -2.29. The molecule has 0 spiro atoms. The highest BCUT2D eigenvalue weighted by Crippen LogP contribution is 2.28. The van der Waals surface area contributed by atoms with E-state index < -0.39 is 0 Å². The number of aliphatic hydroxyl groups excluding tert-OH is 1. The Kier molecular flexibility index (Phi) is 4.60. The Hall–Kier alpha value is -2.05. The van der Waals surface area contributed by atoms with Crippen LogP contribution in [-0.2, 0) is 13.0 Å². The number of aliphatic hydroxyl groups is 1. The summed E-state index contributed by atoms with van der Waals surface area (Å²) in [7, 11) is 0. The lowest BCUT2D eigenvalue weighted by Crippen LogP contribution is -2.31. The molecule has 1 aliphatic rings. The zero-order chi connectivity index (χ0) is 15.4. The molecule has 1 aromatic heterocycles. The highest BCUT2D eigenvalue weighted by atomic mass is 32.1. The van der Waals surface area contributed by atoms with Crippen molar-refractivity contribution in [3.63, 3.8) is 0 Å². The zero-order valence-corrected chi connectivity index (χ0v) is 13.0. The van der Waals surface area contributed by atoms with Gasteiger partial charge in [-0.2, -0.15) is 0 Å². The van der Waals surface area contributed by atoms with Gasteiger partial charge in [-0.3, -0.25) is 0 Å². The molecule has 0 fully saturated rings. The largest absolute Gasteiger partial charge is 0.395 e. The highest BCUT2D eigenvalue weighted by molar-refractivity contribution is 7.10. The summed E-state index contributed by atoms with van der Waals surface area (Å²) in [6.07, 6.45) is 1.09. The van der Waals surface area contributed by atoms with Crippen molar-refractivity contribution in [1.29, 1.82) is 0 Å². The number of hydrogen-bond donors (Lipinski definition) is 3. The average molecular weight is 317 g/mol. The number of amides is 2. The number of anilines is 2. The van der Waals surface area contributed by atoms with Crippen molar-refractivity contribution in [3.05, 3.63) is 46.2 Å². The van der Waals surface area contributed by atoms with Crippen LogP contribution in [0.25, 0.3) is 0 Å². The second-order valence-electron chi connectivity index (χ2n) is 5.19. The lowest BCUT2D eigenvalue weighted by atomic mass is 10.1. The number of carbonyl (C=O) groups excluding carboxylic acids is 1. The molecule has 0 saturated carbocycles. The van der Waals surface area contributed by atoms with Gasteiger partial charge in [-0.15, -0.1) is 11.3 Å². The molecular weight excluding hydrogens is 298 g/mol. The van der Waals surface area contributed by atoms with Crippen molar-refractivity contribution in [2.75, 3.05) is 29.9 Å². The van der Waals surface area contributed by atoms with Crippen LogP contribution < -0.4 is 15.5 Å². The van der Waals surface area contributed by atoms with E-state index in [2.05, 4.69) is 27.0 Å². The Morgan fingerprint density at radius 2 is 2.09 bits per heavy atom. The Morgan fingerprint density at radius 3 is 2.86 bits per heavy atom. The predicted molar refractivity (Wildman–Crippen MR) is 89.6 cm³/mol. The van der Waals surface area contributed by atoms with Crippen molar-refractivity contribution in [2.24, 2.45) is 0 Å². The van der Waals surface area contributed by atoms with E-state index >= 15 is 0 Å². The van der Waals surface area contributed by atoms with Gasteiger partial charge < -0.3 is 20.6 Å². The van der Waals surface area contributed by atoms with Gasteiger partial charge in [-0.05, 0) is 47.7 Å². The molecule has 0 atom stereocenters. The summed E-state index contributed by atoms with van der Waals surface area (Å²) in [6, 6.07) is 9.75. The number of benzene rings is 1. The van der Waals surface area contributed by atoms with Crippen LogP contribution in [0.15, 0.2) is 35.7 Å². The van der Waals surface area contributed by atoms with E-state index in [4.69, 9.17) is 5.11 Å². The van der Waals surface area contributed by atoms with Gasteiger partial charge in [0, 0.05) is 35.9 Å². The molecular formula is C16H19N3O2S. The first-order valence-corrected chi connectivity index (χ1v) is 8.20. The van der Waals surface area contributed by atoms with Crippen LogP contribution in [0, 0.1) is 0 Å². The summed E-state index contributed by atoms with van der Waals surface area (Å²) < 4.78 is 0. The number of nitrogens with zero attached hydrogens (tertiary/aromatic N) is 1. The van der Waals surface area contributed by atoms with Gasteiger partial charge in [0.15, 0.2) is 0 Å². The molecule has 2 amide bonds. The Labute approximate surface area is 133 Å². The fourth-order valence-electron chi connectivity index (χ4n) is 2.57. The van der Waals surface area contributed by atoms with Crippen molar-refractivity contribution < 1.29 is 9.90 Å². The van der Waals surface area contributed by atoms with Crippen LogP contribution in [0.1, 0.15) is 10.4 Å². The van der Waals surface area contributed by atoms with Crippen LogP contribution in [0.4, 0.5) is 16.2 Å². The number of thiophene rings is 1. The Balaban J connectivity index is 1.61. The minimum absolute atomic E-state index is 0.0636. The number of rotatable bonds is 4. The van der Waals surface area contributed by atoms with E-state index in [9.17, 15) is 4.79 Å². The van der Waals surface area contributed by atoms with Crippen LogP contribution in [-0.4, -0.2) is 30.8 Å². The van der Waals surface area contributed by atoms with Gasteiger partial charge >= 0.3 is 6.03 Å². The number of carbonyl (C=O) groups is 1. The zero-order valence-electron chi connectivity index (χ0n) is 12.2. The number of hydrogen-bond acceptors (Lipinski definition) is 4. The van der Waals surface area contributed by atoms with E-state index in [1.54, 1.807) is 0 Å². The lowest BCUT2D eigenvalue weighted by molar-refractivity contribution is 0.245. The third-order valence-corrected chi connectivity index (χ3v) is 4.72. The molecule has 0 unspecified atom stereocenters. The standard InChI is InChI=1S/C16H19N3O2S/c20-9-7-17-16(21)18-13-1-3-14(4-2-13)19-8-5-15-12(11-19)6-10-22-15/h1-4,6,10,20H,5,7-9,11H2,(H2,17,18,21). The number of nitrogens with one attached hydrogen (secondary N) is 2. The van der Waals surface area contributed by atoms with Crippen LogP contribution in [0.5, 0.6) is 0 Å². The third-order valence-electron chi connectivity index (χ3n) is 3.70. The van der Waals surface area contributed by atoms with Crippen molar-refractivity contribution in [3.8, 4) is 0 Å². The van der Waals surface area contributed by atoms with E-state index in [1.165, 1.54) is 10.4 Å². The monoisotopic (exact) mass is 317 g/mol. The van der Waals surface area contributed by atoms with E-state index in [0.717, 1.165) is 30.9 Å². The SMILES string of the molecule is O=C(NCCO)Nc1ccc(N2CCc3sccc3C2)cc1. The molecule has 0 bridgehead atoms. The second-order valence-corrected chi connectivity index (χ2v) is 6.19. The molecule has 2 heterocycles. The molecule has 2 aromatic rings. The molecule has 3 N–H and O–H groups in total. The van der Waals surface area contributed by atoms with Gasteiger partial charge in [-0.1, -0.05) is 0 Å². The van der Waals surface area contributed by atoms with Gasteiger partial charge in [0.25, 0.3) is 0 Å². The smallest absolute Gasteiger partial charge is 0.319 e. The molecule has 0 radical (unpaired) electrons. The van der Waals surface area contributed by atoms with Gasteiger partial charge in [0.1, 0.15) is 0 Å². The highest BCUT2D eigenvalue weighted by Gasteiger charge is 2.17. The van der Waals surface area contributed by atoms with Crippen LogP contribution in [0.2, 0.25) is 0 Å². The number of urea groups is 1. The fraction of sp³-hybridized carbons (Fsp3) is 0.312. The van der Waals surface area contributed by atoms with Crippen LogP contribution in [0.3, 0.4) is 0 Å². The maximum absolute atomic E-state index is 11.5. The van der Waals surface area contributed by atoms with E-state index in [-0.39, 0.29) is 19.2 Å². The van der Waals surface area contributed by atoms with Gasteiger partial charge in [-0.25, -0.2) is 4.79 Å². The minimum Gasteiger partial charge on any atom is -0.395 e. The van der Waals surface area contributed by atoms with Crippen molar-refractivity contribution in [1.82, 2.24) is 5.32 Å². The predicted octanol–water partition coefficient (Wildman–Crippen LogP) is 2.42. The van der Waals surface area contributed by atoms with Gasteiger partial charge in [0.2, 0.25) is 0 Å². The normalized spacial score (nSPS) is 13.6. The molecule has 3 rings (SSSR count). The molecule has 0 saturated heterocycles. The van der Waals surface area contributed by atoms with Gasteiger partial charge in [0.05, 0.1) is 6.61 Å². The van der Waals surface area contributed by atoms with E-state index in [0.29, 0.717) is 0 Å². The third kappa shape index (κ3) is 3.40. The maximum Gasteiger partial charge on any atom is 0.319 e. The summed E-state index contributed by atoms with van der Waals surface area (Å²) >= 11 is 1.84. The molecule has 5 nitrogen and oxygen atoms in total. The summed E-state index contributed by atoms with van der Waals surface area (Å²) in [5, 5.41) is 16.1. The quantitative estimate of drug-likeness (QED) is 0.811. The first-order valence-electron chi connectivity index (χ1n) is 7.32. The molecule has 1 aliphatic heterocycles. The summed E-state index contributed by atoms with van der Waals surface area (Å²) in [6.45, 7) is 2.16. The minimum atomic E-state index is -0.303. The Morgan fingerprint density at radius 1 is 1.27 bits per heavy atom. The summed E-state index contributed by atoms with van der Waals surface area (Å²) in [4.78, 5) is 15.4. The number of fused-ring (bicyclic) bond motifs is 1. The molecule has 6 heteroatoms. The molecule has 116 valence electrons. The second kappa shape index (κ2) is 6.81. The van der Waals surface area contributed by atoms with E-state index in [1.807, 2.05) is 35.6 Å². The Bertz CT molecular complexity index is 639.